The van der Waals surface area contributed by atoms with Crippen LogP contribution >= 0.6 is 0 Å². The molecule has 1 aromatic carbocycles. The standard InChI is InChI=1S/C9H10FNO2/c1-13-9(12)6-2-3-7(5-10)8(11)4-6/h2-4H,5,11H2,1H3. The molecule has 4 heteroatoms. The molecule has 0 aliphatic rings. The van der Waals surface area contributed by atoms with Crippen molar-refractivity contribution in [1.82, 2.24) is 0 Å². The summed E-state index contributed by atoms with van der Waals surface area (Å²) < 4.78 is 16.7. The number of halogens is 1. The summed E-state index contributed by atoms with van der Waals surface area (Å²) in [6, 6.07) is 4.36. The molecule has 0 fully saturated rings. The largest absolute Gasteiger partial charge is 0.465 e. The molecule has 0 radical (unpaired) electrons. The van der Waals surface area contributed by atoms with Gasteiger partial charge in [-0.1, -0.05) is 6.07 Å². The summed E-state index contributed by atoms with van der Waals surface area (Å²) >= 11 is 0. The number of methoxy groups -OCH3 is 1. The molecule has 0 unspecified atom stereocenters. The number of hydrogen-bond donors (Lipinski definition) is 1. The molecule has 0 spiro atoms. The molecule has 0 bridgehead atoms. The molecule has 0 heterocycles. The molecule has 1 rings (SSSR count). The molecule has 0 amide bonds. The molecule has 1 aromatic rings. The van der Waals surface area contributed by atoms with Crippen molar-refractivity contribution in [3.05, 3.63) is 29.3 Å². The molecule has 0 saturated heterocycles. The highest BCUT2D eigenvalue weighted by Crippen LogP contribution is 2.15. The van der Waals surface area contributed by atoms with E-state index in [0.29, 0.717) is 11.1 Å². The summed E-state index contributed by atoms with van der Waals surface area (Å²) in [6.07, 6.45) is 0. The minimum absolute atomic E-state index is 0.269. The Balaban J connectivity index is 3.02. The van der Waals surface area contributed by atoms with Crippen LogP contribution in [0.15, 0.2) is 18.2 Å². The van der Waals surface area contributed by atoms with Crippen molar-refractivity contribution >= 4 is 11.7 Å². The van der Waals surface area contributed by atoms with Crippen molar-refractivity contribution in [2.24, 2.45) is 0 Å². The molecule has 0 atom stereocenters. The van der Waals surface area contributed by atoms with E-state index in [4.69, 9.17) is 5.73 Å². The molecule has 3 nitrogen and oxygen atoms in total. The first kappa shape index (κ1) is 9.51. The zero-order valence-corrected chi connectivity index (χ0v) is 7.21. The number of anilines is 1. The summed E-state index contributed by atoms with van der Waals surface area (Å²) in [7, 11) is 1.28. The Kier molecular flexibility index (Phi) is 2.84. The maximum atomic E-state index is 12.2. The number of carbonyl (C=O) groups excluding carboxylic acids is 1. The van der Waals surface area contributed by atoms with Gasteiger partial charge in [-0.15, -0.1) is 0 Å². The number of nitrogen functional groups attached to an aromatic ring is 1. The van der Waals surface area contributed by atoms with Crippen molar-refractivity contribution in [2.75, 3.05) is 12.8 Å². The normalized spacial score (nSPS) is 9.69. The molecule has 2 N–H and O–H groups in total. The summed E-state index contributed by atoms with van der Waals surface area (Å²) in [4.78, 5) is 11.0. The fraction of sp³-hybridized carbons (Fsp3) is 0.222. The quantitative estimate of drug-likeness (QED) is 0.558. The van der Waals surface area contributed by atoms with Crippen LogP contribution in [0, 0.1) is 0 Å². The molecule has 0 saturated carbocycles. The Morgan fingerprint density at radius 3 is 2.77 bits per heavy atom. The van der Waals surface area contributed by atoms with E-state index in [9.17, 15) is 9.18 Å². The zero-order chi connectivity index (χ0) is 9.84. The van der Waals surface area contributed by atoms with Crippen molar-refractivity contribution in [2.45, 2.75) is 6.67 Å². The minimum Gasteiger partial charge on any atom is -0.465 e. The lowest BCUT2D eigenvalue weighted by atomic mass is 10.1. The number of benzene rings is 1. The van der Waals surface area contributed by atoms with Gasteiger partial charge in [0.2, 0.25) is 0 Å². The second kappa shape index (κ2) is 3.89. The number of nitrogens with two attached hydrogens (primary N) is 1. The third-order valence-electron chi connectivity index (χ3n) is 1.71. The van der Waals surface area contributed by atoms with Crippen LogP contribution in [-0.4, -0.2) is 13.1 Å². The van der Waals surface area contributed by atoms with Gasteiger partial charge in [-0.2, -0.15) is 0 Å². The zero-order valence-electron chi connectivity index (χ0n) is 7.21. The van der Waals surface area contributed by atoms with E-state index in [0.717, 1.165) is 0 Å². The van der Waals surface area contributed by atoms with Crippen LogP contribution in [0.3, 0.4) is 0 Å². The summed E-state index contributed by atoms with van der Waals surface area (Å²) in [6.45, 7) is -0.632. The predicted molar refractivity (Wildman–Crippen MR) is 47.0 cm³/mol. The highest BCUT2D eigenvalue weighted by molar-refractivity contribution is 5.90. The van der Waals surface area contributed by atoms with Crippen LogP contribution in [0.5, 0.6) is 0 Å². The predicted octanol–water partition coefficient (Wildman–Crippen LogP) is 1.52. The number of hydrogen-bond acceptors (Lipinski definition) is 3. The van der Waals surface area contributed by atoms with Gasteiger partial charge in [0, 0.05) is 11.3 Å². The summed E-state index contributed by atoms with van der Waals surface area (Å²) in [5.41, 5.74) is 6.46. The smallest absolute Gasteiger partial charge is 0.337 e. The van der Waals surface area contributed by atoms with E-state index in [2.05, 4.69) is 4.74 Å². The van der Waals surface area contributed by atoms with Gasteiger partial charge in [0.1, 0.15) is 6.67 Å². The maximum absolute atomic E-state index is 12.2. The Morgan fingerprint density at radius 2 is 2.31 bits per heavy atom. The second-order valence-corrected chi connectivity index (χ2v) is 2.54. The van der Waals surface area contributed by atoms with Crippen LogP contribution in [0.4, 0.5) is 10.1 Å². The fourth-order valence-corrected chi connectivity index (χ4v) is 0.961. The maximum Gasteiger partial charge on any atom is 0.337 e. The van der Waals surface area contributed by atoms with Crippen LogP contribution < -0.4 is 5.73 Å². The second-order valence-electron chi connectivity index (χ2n) is 2.54. The molecule has 0 aliphatic carbocycles. The van der Waals surface area contributed by atoms with E-state index in [-0.39, 0.29) is 5.69 Å². The number of alkyl halides is 1. The van der Waals surface area contributed by atoms with Gasteiger partial charge in [-0.25, -0.2) is 9.18 Å². The average molecular weight is 183 g/mol. The lowest BCUT2D eigenvalue weighted by Gasteiger charge is -2.03. The lowest BCUT2D eigenvalue weighted by molar-refractivity contribution is 0.0601. The van der Waals surface area contributed by atoms with Gasteiger partial charge in [-0.3, -0.25) is 0 Å². The molecule has 0 aromatic heterocycles. The monoisotopic (exact) mass is 183 g/mol. The Morgan fingerprint density at radius 1 is 1.62 bits per heavy atom. The third kappa shape index (κ3) is 1.96. The van der Waals surface area contributed by atoms with Crippen molar-refractivity contribution in [1.29, 1.82) is 0 Å². The average Bonchev–Trinajstić information content (AvgIpc) is 2.16. The van der Waals surface area contributed by atoms with Gasteiger partial charge in [-0.05, 0) is 12.1 Å². The SMILES string of the molecule is COC(=O)c1ccc(CF)c(N)c1. The van der Waals surface area contributed by atoms with E-state index >= 15 is 0 Å². The first-order valence-corrected chi connectivity index (χ1v) is 3.71. The molecular weight excluding hydrogens is 173 g/mol. The summed E-state index contributed by atoms with van der Waals surface area (Å²) in [5, 5.41) is 0. The Labute approximate surface area is 75.3 Å². The Hall–Kier alpha value is -1.58. The van der Waals surface area contributed by atoms with Crippen LogP contribution in [0.25, 0.3) is 0 Å². The van der Waals surface area contributed by atoms with E-state index in [1.807, 2.05) is 0 Å². The van der Waals surface area contributed by atoms with Gasteiger partial charge in [0.25, 0.3) is 0 Å². The number of carbonyl (C=O) groups is 1. The van der Waals surface area contributed by atoms with E-state index in [1.165, 1.54) is 25.3 Å². The van der Waals surface area contributed by atoms with Crippen LogP contribution in [0.1, 0.15) is 15.9 Å². The van der Waals surface area contributed by atoms with E-state index < -0.39 is 12.6 Å². The first-order chi connectivity index (χ1) is 6.19. The van der Waals surface area contributed by atoms with Gasteiger partial charge in [0.15, 0.2) is 0 Å². The number of esters is 1. The number of rotatable bonds is 2. The molecular formula is C9H10FNO2. The lowest BCUT2D eigenvalue weighted by Crippen LogP contribution is -2.03. The van der Waals surface area contributed by atoms with Crippen molar-refractivity contribution < 1.29 is 13.9 Å². The highest BCUT2D eigenvalue weighted by atomic mass is 19.1. The fourth-order valence-electron chi connectivity index (χ4n) is 0.961. The van der Waals surface area contributed by atoms with Gasteiger partial charge in [0.05, 0.1) is 12.7 Å². The topological polar surface area (TPSA) is 52.3 Å². The molecule has 13 heavy (non-hydrogen) atoms. The molecule has 0 aliphatic heterocycles. The van der Waals surface area contributed by atoms with Crippen LogP contribution in [-0.2, 0) is 11.4 Å². The number of ether oxygens (including phenoxy) is 1. The minimum atomic E-state index is -0.632. The van der Waals surface area contributed by atoms with Gasteiger partial charge >= 0.3 is 5.97 Å². The van der Waals surface area contributed by atoms with E-state index in [1.54, 1.807) is 0 Å². The van der Waals surface area contributed by atoms with Gasteiger partial charge < -0.3 is 10.5 Å². The Bertz CT molecular complexity index is 325. The van der Waals surface area contributed by atoms with Crippen molar-refractivity contribution in [3.63, 3.8) is 0 Å². The molecule has 70 valence electrons. The third-order valence-corrected chi connectivity index (χ3v) is 1.71. The van der Waals surface area contributed by atoms with Crippen LogP contribution in [0.2, 0.25) is 0 Å². The summed E-state index contributed by atoms with van der Waals surface area (Å²) in [5.74, 6) is -0.475. The first-order valence-electron chi connectivity index (χ1n) is 3.71. The highest BCUT2D eigenvalue weighted by Gasteiger charge is 2.07. The van der Waals surface area contributed by atoms with Crippen molar-refractivity contribution in [3.8, 4) is 0 Å².